The number of amides is 2. The maximum Gasteiger partial charge on any atom is 0.407 e. The van der Waals surface area contributed by atoms with E-state index in [1.807, 2.05) is 6.07 Å². The number of nitrogens with one attached hydrogen (secondary N) is 2. The summed E-state index contributed by atoms with van der Waals surface area (Å²) in [5, 5.41) is 13.8. The predicted molar refractivity (Wildman–Crippen MR) is 107 cm³/mol. The topological polar surface area (TPSA) is 122 Å². The molecule has 0 aromatic heterocycles. The molecule has 154 valence electrons. The molecule has 0 radical (unpaired) electrons. The highest BCUT2D eigenvalue weighted by Gasteiger charge is 2.21. The van der Waals surface area contributed by atoms with Gasteiger partial charge in [-0.05, 0) is 24.1 Å². The zero-order chi connectivity index (χ0) is 21.1. The second kappa shape index (κ2) is 11.6. The Balaban J connectivity index is 1.73. The Labute approximate surface area is 170 Å². The van der Waals surface area contributed by atoms with Crippen molar-refractivity contribution in [3.05, 3.63) is 66.2 Å². The zero-order valence-electron chi connectivity index (χ0n) is 15.6. The highest BCUT2D eigenvalue weighted by atomic mass is 32.2. The van der Waals surface area contributed by atoms with Crippen molar-refractivity contribution in [2.45, 2.75) is 24.0 Å². The van der Waals surface area contributed by atoms with Crippen molar-refractivity contribution in [2.75, 3.05) is 12.3 Å². The fraction of sp³-hybridized carbons (Fsp3) is 0.250. The van der Waals surface area contributed by atoms with Gasteiger partial charge in [-0.1, -0.05) is 48.5 Å². The maximum absolute atomic E-state index is 12.2. The summed E-state index contributed by atoms with van der Waals surface area (Å²) in [6, 6.07) is 16.5. The molecule has 0 saturated heterocycles. The van der Waals surface area contributed by atoms with E-state index in [-0.39, 0.29) is 18.8 Å². The minimum atomic E-state index is -1.37. The van der Waals surface area contributed by atoms with Crippen LogP contribution in [0.2, 0.25) is 0 Å². The predicted octanol–water partition coefficient (Wildman–Crippen LogP) is 1.68. The minimum Gasteiger partial charge on any atom is -0.480 e. The van der Waals surface area contributed by atoms with E-state index in [2.05, 4.69) is 10.6 Å². The van der Waals surface area contributed by atoms with Gasteiger partial charge in [0, 0.05) is 10.6 Å². The second-order valence-corrected chi connectivity index (χ2v) is 7.60. The number of carboxylic acid groups (broad SMARTS) is 1. The summed E-state index contributed by atoms with van der Waals surface area (Å²) in [6.45, 7) is -0.378. The molecule has 0 saturated carbocycles. The Bertz CT molecular complexity index is 845. The summed E-state index contributed by atoms with van der Waals surface area (Å²) in [4.78, 5) is 35.5. The van der Waals surface area contributed by atoms with Crippen molar-refractivity contribution in [3.8, 4) is 0 Å². The maximum atomic E-state index is 12.2. The summed E-state index contributed by atoms with van der Waals surface area (Å²) >= 11 is 0. The molecule has 2 amide bonds. The number of alkyl carbamates (subject to hydrolysis) is 1. The van der Waals surface area contributed by atoms with E-state index in [0.717, 1.165) is 5.56 Å². The smallest absolute Gasteiger partial charge is 0.407 e. The molecule has 0 aliphatic heterocycles. The zero-order valence-corrected chi connectivity index (χ0v) is 16.4. The van der Waals surface area contributed by atoms with E-state index >= 15 is 0 Å². The van der Waals surface area contributed by atoms with Gasteiger partial charge < -0.3 is 20.5 Å². The van der Waals surface area contributed by atoms with Gasteiger partial charge in [-0.2, -0.15) is 0 Å². The molecule has 3 N–H and O–H groups in total. The molecule has 2 atom stereocenters. The Morgan fingerprint density at radius 1 is 1.00 bits per heavy atom. The van der Waals surface area contributed by atoms with Crippen molar-refractivity contribution < 1.29 is 28.4 Å². The molecule has 0 aliphatic carbocycles. The lowest BCUT2D eigenvalue weighted by Gasteiger charge is -2.14. The van der Waals surface area contributed by atoms with Crippen LogP contribution in [0.4, 0.5) is 4.79 Å². The summed E-state index contributed by atoms with van der Waals surface area (Å²) in [5.74, 6) is -1.84. The van der Waals surface area contributed by atoms with Gasteiger partial charge in [-0.15, -0.1) is 0 Å². The third kappa shape index (κ3) is 8.14. The van der Waals surface area contributed by atoms with Crippen LogP contribution in [0.3, 0.4) is 0 Å². The molecular weight excluding hydrogens is 396 g/mol. The lowest BCUT2D eigenvalue weighted by Crippen LogP contribution is -2.46. The first-order valence-electron chi connectivity index (χ1n) is 8.86. The van der Waals surface area contributed by atoms with Gasteiger partial charge in [0.2, 0.25) is 5.91 Å². The van der Waals surface area contributed by atoms with E-state index in [1.54, 1.807) is 54.6 Å². The monoisotopic (exact) mass is 418 g/mol. The molecule has 0 fully saturated rings. The summed E-state index contributed by atoms with van der Waals surface area (Å²) in [6.07, 6.45) is -0.804. The van der Waals surface area contributed by atoms with Gasteiger partial charge in [0.25, 0.3) is 0 Å². The Morgan fingerprint density at radius 3 is 2.24 bits per heavy atom. The molecular formula is C20H22N2O6S. The van der Waals surface area contributed by atoms with Crippen molar-refractivity contribution in [1.82, 2.24) is 10.6 Å². The largest absolute Gasteiger partial charge is 0.480 e. The third-order valence-corrected chi connectivity index (χ3v) is 5.24. The van der Waals surface area contributed by atoms with Crippen LogP contribution in [-0.2, 0) is 31.7 Å². The number of carbonyl (C=O) groups is 3. The number of ether oxygens (including phenoxy) is 1. The number of carbonyl (C=O) groups excluding carboxylic acids is 2. The first kappa shape index (κ1) is 22.1. The van der Waals surface area contributed by atoms with Gasteiger partial charge in [-0.25, -0.2) is 9.59 Å². The lowest BCUT2D eigenvalue weighted by molar-refractivity contribution is -0.141. The molecule has 2 aromatic carbocycles. The Kier molecular flexibility index (Phi) is 8.84. The number of aliphatic carboxylic acids is 1. The number of benzene rings is 2. The molecule has 0 spiro atoms. The average Bonchev–Trinajstić information content (AvgIpc) is 2.74. The summed E-state index contributed by atoms with van der Waals surface area (Å²) in [5.41, 5.74) is 0.796. The molecule has 0 aliphatic rings. The molecule has 0 heterocycles. The van der Waals surface area contributed by atoms with Crippen molar-refractivity contribution in [1.29, 1.82) is 0 Å². The van der Waals surface area contributed by atoms with Crippen molar-refractivity contribution >= 4 is 28.8 Å². The van der Waals surface area contributed by atoms with Gasteiger partial charge in [-0.3, -0.25) is 9.00 Å². The van der Waals surface area contributed by atoms with Crippen LogP contribution in [-0.4, -0.2) is 45.6 Å². The van der Waals surface area contributed by atoms with Crippen LogP contribution in [0.15, 0.2) is 65.6 Å². The highest BCUT2D eigenvalue weighted by Crippen LogP contribution is 2.08. The van der Waals surface area contributed by atoms with Crippen LogP contribution in [0.5, 0.6) is 0 Å². The van der Waals surface area contributed by atoms with E-state index in [9.17, 15) is 23.7 Å². The van der Waals surface area contributed by atoms with Crippen LogP contribution >= 0.6 is 0 Å². The van der Waals surface area contributed by atoms with E-state index in [1.165, 1.54) is 0 Å². The van der Waals surface area contributed by atoms with Crippen LogP contribution < -0.4 is 10.6 Å². The standard InChI is InChI=1S/C20H22N2O6S/c23-18(13-21-20(26)28-14-15-7-3-1-4-8-15)22-17(19(24)25)11-12-29(27)16-9-5-2-6-10-16/h1-10,17H,11-14H2,(H,21,26)(H,22,23)(H,24,25)/t17-,29+/m0/s1. The van der Waals surface area contributed by atoms with Gasteiger partial charge in [0.05, 0.1) is 10.8 Å². The fourth-order valence-electron chi connectivity index (χ4n) is 2.34. The van der Waals surface area contributed by atoms with Gasteiger partial charge >= 0.3 is 12.1 Å². The first-order chi connectivity index (χ1) is 14.0. The van der Waals surface area contributed by atoms with E-state index in [4.69, 9.17) is 4.74 Å². The Hall–Kier alpha value is -3.20. The third-order valence-electron chi connectivity index (χ3n) is 3.84. The number of carboxylic acids is 1. The van der Waals surface area contributed by atoms with Gasteiger partial charge in [0.1, 0.15) is 19.2 Å². The van der Waals surface area contributed by atoms with Crippen LogP contribution in [0.1, 0.15) is 12.0 Å². The van der Waals surface area contributed by atoms with Crippen LogP contribution in [0, 0.1) is 0 Å². The van der Waals surface area contributed by atoms with Crippen molar-refractivity contribution in [2.24, 2.45) is 0 Å². The number of hydrogen-bond acceptors (Lipinski definition) is 5. The number of hydrogen-bond donors (Lipinski definition) is 3. The molecule has 2 aromatic rings. The second-order valence-electron chi connectivity index (χ2n) is 6.02. The van der Waals surface area contributed by atoms with Gasteiger partial charge in [0.15, 0.2) is 0 Å². The molecule has 2 rings (SSSR count). The molecule has 0 unspecified atom stereocenters. The SMILES string of the molecule is O=C(CNC(=O)OCc1ccccc1)N[C@@H](CC[S@@](=O)c1ccccc1)C(=O)O. The van der Waals surface area contributed by atoms with Crippen molar-refractivity contribution in [3.63, 3.8) is 0 Å². The Morgan fingerprint density at radius 2 is 1.62 bits per heavy atom. The lowest BCUT2D eigenvalue weighted by atomic mass is 10.2. The molecule has 8 nitrogen and oxygen atoms in total. The fourth-order valence-corrected chi connectivity index (χ4v) is 3.49. The molecule has 0 bridgehead atoms. The average molecular weight is 418 g/mol. The summed E-state index contributed by atoms with van der Waals surface area (Å²) < 4.78 is 17.2. The highest BCUT2D eigenvalue weighted by molar-refractivity contribution is 7.85. The normalized spacial score (nSPS) is 12.4. The quantitative estimate of drug-likeness (QED) is 0.540. The van der Waals surface area contributed by atoms with E-state index < -0.39 is 41.4 Å². The van der Waals surface area contributed by atoms with E-state index in [0.29, 0.717) is 4.90 Å². The molecule has 29 heavy (non-hydrogen) atoms. The molecule has 9 heteroatoms. The van der Waals surface area contributed by atoms with Crippen LogP contribution in [0.25, 0.3) is 0 Å². The minimum absolute atomic E-state index is 0.0129. The first-order valence-corrected chi connectivity index (χ1v) is 10.2. The summed E-state index contributed by atoms with van der Waals surface area (Å²) in [7, 11) is -1.37. The number of rotatable bonds is 10.